The predicted octanol–water partition coefficient (Wildman–Crippen LogP) is 4.36. The number of benzene rings is 3. The van der Waals surface area contributed by atoms with Crippen molar-refractivity contribution in [3.63, 3.8) is 0 Å². The number of rotatable bonds is 1. The monoisotopic (exact) mass is 285 g/mol. The van der Waals surface area contributed by atoms with E-state index in [1.54, 1.807) is 4.90 Å². The Labute approximate surface area is 129 Å². The molecule has 4 rings (SSSR count). The standard InChI is InChI=1S/C20H15NO/c1-21-19-9-5-4-8-17(19)18(20(21)22)13-14-10-11-15-6-2-3-7-16(15)12-14/h2-13H,1H3. The fraction of sp³-hybridized carbons (Fsp3) is 0.0500. The summed E-state index contributed by atoms with van der Waals surface area (Å²) in [5, 5.41) is 2.39. The second-order valence-corrected chi connectivity index (χ2v) is 5.55. The van der Waals surface area contributed by atoms with Crippen LogP contribution >= 0.6 is 0 Å². The van der Waals surface area contributed by atoms with Gasteiger partial charge in [-0.05, 0) is 34.5 Å². The van der Waals surface area contributed by atoms with Gasteiger partial charge in [-0.15, -0.1) is 0 Å². The van der Waals surface area contributed by atoms with E-state index in [0.29, 0.717) is 0 Å². The fourth-order valence-corrected chi connectivity index (χ4v) is 3.00. The number of carbonyl (C=O) groups excluding carboxylic acids is 1. The third-order valence-electron chi connectivity index (χ3n) is 4.18. The summed E-state index contributed by atoms with van der Waals surface area (Å²) in [5.74, 6) is 0.0503. The van der Waals surface area contributed by atoms with Crippen LogP contribution in [-0.4, -0.2) is 13.0 Å². The maximum atomic E-state index is 12.5. The molecule has 0 saturated carbocycles. The summed E-state index contributed by atoms with van der Waals surface area (Å²) in [6, 6.07) is 22.4. The lowest BCUT2D eigenvalue weighted by atomic mass is 10.0. The van der Waals surface area contributed by atoms with Crippen LogP contribution in [0.3, 0.4) is 0 Å². The Kier molecular flexibility index (Phi) is 2.83. The molecule has 0 N–H and O–H groups in total. The van der Waals surface area contributed by atoms with Gasteiger partial charge in [0.05, 0.1) is 5.69 Å². The van der Waals surface area contributed by atoms with Crippen molar-refractivity contribution in [3.05, 3.63) is 77.9 Å². The van der Waals surface area contributed by atoms with Gasteiger partial charge < -0.3 is 4.90 Å². The molecule has 0 saturated heterocycles. The number of carbonyl (C=O) groups is 1. The van der Waals surface area contributed by atoms with Gasteiger partial charge in [-0.3, -0.25) is 4.79 Å². The molecule has 1 aliphatic heterocycles. The Morgan fingerprint density at radius 2 is 1.59 bits per heavy atom. The Hall–Kier alpha value is -2.87. The number of nitrogens with zero attached hydrogens (tertiary/aromatic N) is 1. The average Bonchev–Trinajstić information content (AvgIpc) is 2.80. The van der Waals surface area contributed by atoms with E-state index in [1.165, 1.54) is 10.8 Å². The van der Waals surface area contributed by atoms with E-state index < -0.39 is 0 Å². The zero-order valence-electron chi connectivity index (χ0n) is 12.3. The molecule has 0 aliphatic carbocycles. The normalized spacial score (nSPS) is 15.6. The number of hydrogen-bond donors (Lipinski definition) is 0. The number of fused-ring (bicyclic) bond motifs is 2. The van der Waals surface area contributed by atoms with Gasteiger partial charge in [-0.2, -0.15) is 0 Å². The lowest BCUT2D eigenvalue weighted by Gasteiger charge is -2.08. The van der Waals surface area contributed by atoms with Crippen LogP contribution in [0.15, 0.2) is 66.7 Å². The number of hydrogen-bond acceptors (Lipinski definition) is 1. The summed E-state index contributed by atoms with van der Waals surface area (Å²) in [7, 11) is 1.82. The SMILES string of the molecule is CN1C(=O)C(=Cc2ccc3ccccc3c2)c2ccccc21. The summed E-state index contributed by atoms with van der Waals surface area (Å²) in [5.41, 5.74) is 3.78. The third-order valence-corrected chi connectivity index (χ3v) is 4.18. The van der Waals surface area contributed by atoms with Crippen LogP contribution in [0.2, 0.25) is 0 Å². The number of amides is 1. The van der Waals surface area contributed by atoms with Gasteiger partial charge >= 0.3 is 0 Å². The molecule has 0 fully saturated rings. The third kappa shape index (κ3) is 1.92. The highest BCUT2D eigenvalue weighted by atomic mass is 16.2. The van der Waals surface area contributed by atoms with E-state index in [0.717, 1.165) is 22.4 Å². The molecular weight excluding hydrogens is 270 g/mol. The highest BCUT2D eigenvalue weighted by Crippen LogP contribution is 2.36. The molecule has 0 atom stereocenters. The van der Waals surface area contributed by atoms with E-state index in [1.807, 2.05) is 49.5 Å². The molecule has 1 heterocycles. The van der Waals surface area contributed by atoms with E-state index in [-0.39, 0.29) is 5.91 Å². The highest BCUT2D eigenvalue weighted by Gasteiger charge is 2.28. The molecule has 1 aliphatic rings. The first-order valence-corrected chi connectivity index (χ1v) is 7.32. The van der Waals surface area contributed by atoms with Crippen LogP contribution in [0.25, 0.3) is 22.4 Å². The van der Waals surface area contributed by atoms with E-state index in [2.05, 4.69) is 30.3 Å². The summed E-state index contributed by atoms with van der Waals surface area (Å²) in [6.45, 7) is 0. The predicted molar refractivity (Wildman–Crippen MR) is 91.7 cm³/mol. The molecular formula is C20H15NO. The summed E-state index contributed by atoms with van der Waals surface area (Å²) in [6.07, 6.45) is 1.98. The van der Waals surface area contributed by atoms with E-state index in [4.69, 9.17) is 0 Å². The molecule has 2 nitrogen and oxygen atoms in total. The summed E-state index contributed by atoms with van der Waals surface area (Å²) >= 11 is 0. The van der Waals surface area contributed by atoms with E-state index >= 15 is 0 Å². The second-order valence-electron chi connectivity index (χ2n) is 5.55. The molecule has 22 heavy (non-hydrogen) atoms. The number of likely N-dealkylation sites (N-methyl/N-ethyl adjacent to an activating group) is 1. The molecule has 3 aromatic carbocycles. The first-order chi connectivity index (χ1) is 10.7. The maximum Gasteiger partial charge on any atom is 0.258 e. The molecule has 0 spiro atoms. The van der Waals surface area contributed by atoms with Gasteiger partial charge in [-0.1, -0.05) is 54.6 Å². The second kappa shape index (κ2) is 4.85. The van der Waals surface area contributed by atoms with E-state index in [9.17, 15) is 4.79 Å². The van der Waals surface area contributed by atoms with Crippen molar-refractivity contribution in [2.45, 2.75) is 0 Å². The molecule has 1 amide bonds. The van der Waals surface area contributed by atoms with Gasteiger partial charge in [0.2, 0.25) is 0 Å². The van der Waals surface area contributed by atoms with Crippen molar-refractivity contribution in [3.8, 4) is 0 Å². The van der Waals surface area contributed by atoms with Crippen molar-refractivity contribution in [2.24, 2.45) is 0 Å². The van der Waals surface area contributed by atoms with Gasteiger partial charge in [-0.25, -0.2) is 0 Å². The maximum absolute atomic E-state index is 12.5. The van der Waals surface area contributed by atoms with Crippen molar-refractivity contribution < 1.29 is 4.79 Å². The quantitative estimate of drug-likeness (QED) is 0.608. The molecule has 2 heteroatoms. The Bertz CT molecular complexity index is 924. The van der Waals surface area contributed by atoms with Crippen LogP contribution in [0.1, 0.15) is 11.1 Å². The average molecular weight is 285 g/mol. The summed E-state index contributed by atoms with van der Waals surface area (Å²) < 4.78 is 0. The van der Waals surface area contributed by atoms with Crippen LogP contribution < -0.4 is 4.90 Å². The molecule has 0 aromatic heterocycles. The number of para-hydroxylation sites is 1. The van der Waals surface area contributed by atoms with Crippen molar-refractivity contribution >= 4 is 34.0 Å². The van der Waals surface area contributed by atoms with Gasteiger partial charge in [0.1, 0.15) is 0 Å². The topological polar surface area (TPSA) is 20.3 Å². The minimum Gasteiger partial charge on any atom is -0.311 e. The zero-order valence-corrected chi connectivity index (χ0v) is 12.3. The minimum atomic E-state index is 0.0503. The van der Waals surface area contributed by atoms with Gasteiger partial charge in [0.15, 0.2) is 0 Å². The lowest BCUT2D eigenvalue weighted by molar-refractivity contribution is -0.112. The Morgan fingerprint density at radius 3 is 2.45 bits per heavy atom. The fourth-order valence-electron chi connectivity index (χ4n) is 3.00. The molecule has 106 valence electrons. The first kappa shape index (κ1) is 12.8. The van der Waals surface area contributed by atoms with Crippen LogP contribution in [0, 0.1) is 0 Å². The first-order valence-electron chi connectivity index (χ1n) is 7.32. The minimum absolute atomic E-state index is 0.0503. The van der Waals surface area contributed by atoms with Crippen LogP contribution in [-0.2, 0) is 4.79 Å². The van der Waals surface area contributed by atoms with Crippen molar-refractivity contribution in [1.29, 1.82) is 0 Å². The van der Waals surface area contributed by atoms with Crippen molar-refractivity contribution in [2.75, 3.05) is 11.9 Å². The number of anilines is 1. The molecule has 0 bridgehead atoms. The zero-order chi connectivity index (χ0) is 15.1. The largest absolute Gasteiger partial charge is 0.311 e. The van der Waals surface area contributed by atoms with Gasteiger partial charge in [0.25, 0.3) is 5.91 Å². The van der Waals surface area contributed by atoms with Gasteiger partial charge in [0, 0.05) is 18.2 Å². The Morgan fingerprint density at radius 1 is 0.864 bits per heavy atom. The molecule has 3 aromatic rings. The van der Waals surface area contributed by atoms with Crippen LogP contribution in [0.5, 0.6) is 0 Å². The molecule has 0 unspecified atom stereocenters. The van der Waals surface area contributed by atoms with Crippen LogP contribution in [0.4, 0.5) is 5.69 Å². The lowest BCUT2D eigenvalue weighted by Crippen LogP contribution is -2.20. The summed E-state index contributed by atoms with van der Waals surface area (Å²) in [4.78, 5) is 14.2. The molecule has 0 radical (unpaired) electrons. The smallest absolute Gasteiger partial charge is 0.258 e. The Balaban J connectivity index is 1.86. The highest BCUT2D eigenvalue weighted by molar-refractivity contribution is 6.35. The van der Waals surface area contributed by atoms with Crippen molar-refractivity contribution in [1.82, 2.24) is 0 Å².